The quantitative estimate of drug-likeness (QED) is 0.198. The number of rotatable bonds is 13. The first-order valence-corrected chi connectivity index (χ1v) is 23.4. The van der Waals surface area contributed by atoms with E-state index in [1.54, 1.807) is 0 Å². The van der Waals surface area contributed by atoms with Gasteiger partial charge in [-0.15, -0.1) is 23.5 Å². The van der Waals surface area contributed by atoms with Crippen LogP contribution in [0.5, 0.6) is 0 Å². The summed E-state index contributed by atoms with van der Waals surface area (Å²) in [5.74, 6) is 2.55. The van der Waals surface area contributed by atoms with Gasteiger partial charge in [0.25, 0.3) is 8.32 Å². The van der Waals surface area contributed by atoms with E-state index in [4.69, 9.17) is 13.6 Å². The molecular weight excluding hydrogens is 613 g/mol. The van der Waals surface area contributed by atoms with Crippen molar-refractivity contribution in [3.8, 4) is 0 Å². The van der Waals surface area contributed by atoms with E-state index < -0.39 is 16.6 Å². The Balaban J connectivity index is 1.62. The monoisotopic (exact) mass is 672 g/mol. The van der Waals surface area contributed by atoms with Crippen LogP contribution in [0, 0.1) is 0 Å². The fraction of sp³-hybridized carbons (Fsp3) is 0.676. The van der Waals surface area contributed by atoms with Crippen molar-refractivity contribution in [1.29, 1.82) is 0 Å². The molecule has 0 saturated carbocycles. The Morgan fingerprint density at radius 2 is 1.27 bits per heavy atom. The summed E-state index contributed by atoms with van der Waals surface area (Å²) in [7, 11) is -4.56. The normalized spacial score (nSPS) is 22.7. The minimum atomic E-state index is -2.64. The lowest BCUT2D eigenvalue weighted by atomic mass is 9.98. The third kappa shape index (κ3) is 8.29. The topological polar surface area (TPSA) is 27.7 Å². The van der Waals surface area contributed by atoms with Gasteiger partial charge in [0.15, 0.2) is 8.32 Å². The van der Waals surface area contributed by atoms with Gasteiger partial charge in [0.1, 0.15) is 0 Å². The van der Waals surface area contributed by atoms with Crippen LogP contribution in [-0.2, 0) is 13.6 Å². The van der Waals surface area contributed by atoms with Crippen molar-refractivity contribution in [3.63, 3.8) is 0 Å². The second-order valence-electron chi connectivity index (χ2n) is 15.0. The van der Waals surface area contributed by atoms with Crippen molar-refractivity contribution in [2.24, 2.45) is 0 Å². The average molecular weight is 673 g/mol. The van der Waals surface area contributed by atoms with Crippen LogP contribution >= 0.6 is 23.5 Å². The Labute approximate surface area is 280 Å². The summed E-state index contributed by atoms with van der Waals surface area (Å²) >= 11 is 4.27. The summed E-state index contributed by atoms with van der Waals surface area (Å²) in [5, 5.41) is 2.69. The molecule has 2 aromatic rings. The van der Waals surface area contributed by atoms with Crippen LogP contribution in [0.3, 0.4) is 0 Å². The minimum absolute atomic E-state index is 0.0335. The standard InChI is InChI=1S/C37H60O3S2Si2/c1-28(2)43(29(3)4,30(5)6)38-22-21-31-25-33(26-32(39-31)27-36-41-23-16-24-42-36)40-44(37(7,8)9,34-17-12-10-13-18-34)35-19-14-11-15-20-35/h10-15,17-20,28-33,36H,16,21-27H2,1-9H3/t31-,32-,33-/m0/s1. The SMILES string of the molecule is CC(C)[Si](OCC[C@H]1C[C@H](O[Si](c2ccccc2)(c2ccccc2)C(C)(C)C)C[C@@H](CC2SCCCS2)O1)(C(C)C)C(C)C. The van der Waals surface area contributed by atoms with Crippen molar-refractivity contribution in [2.45, 2.75) is 139 Å². The number of ether oxygens (including phenoxy) is 1. The van der Waals surface area contributed by atoms with Crippen LogP contribution in [0.25, 0.3) is 0 Å². The molecule has 2 saturated heterocycles. The van der Waals surface area contributed by atoms with Gasteiger partial charge in [-0.2, -0.15) is 0 Å². The Hall–Kier alpha value is -0.546. The largest absolute Gasteiger partial charge is 0.416 e. The van der Waals surface area contributed by atoms with Gasteiger partial charge in [0, 0.05) is 6.61 Å². The molecule has 0 N–H and O–H groups in total. The second-order valence-corrected chi connectivity index (χ2v) is 27.6. The first kappa shape index (κ1) is 36.3. The zero-order valence-electron chi connectivity index (χ0n) is 29.0. The molecule has 0 amide bonds. The highest BCUT2D eigenvalue weighted by Crippen LogP contribution is 2.44. The Kier molecular flexibility index (Phi) is 13.2. The van der Waals surface area contributed by atoms with Crippen LogP contribution in [0.15, 0.2) is 60.7 Å². The first-order valence-electron chi connectivity index (χ1n) is 17.2. The highest BCUT2D eigenvalue weighted by molar-refractivity contribution is 8.17. The second kappa shape index (κ2) is 16.0. The summed E-state index contributed by atoms with van der Waals surface area (Å²) in [6, 6.07) is 22.3. The number of hydrogen-bond donors (Lipinski definition) is 0. The van der Waals surface area contributed by atoms with Gasteiger partial charge in [-0.25, -0.2) is 0 Å². The van der Waals surface area contributed by atoms with Gasteiger partial charge < -0.3 is 13.6 Å². The Morgan fingerprint density at radius 1 is 0.773 bits per heavy atom. The van der Waals surface area contributed by atoms with E-state index in [1.165, 1.54) is 28.3 Å². The van der Waals surface area contributed by atoms with Crippen LogP contribution in [-0.4, -0.2) is 57.6 Å². The molecule has 0 aromatic heterocycles. The predicted molar refractivity (Wildman–Crippen MR) is 200 cm³/mol. The molecule has 2 aliphatic heterocycles. The lowest BCUT2D eigenvalue weighted by molar-refractivity contribution is -0.0977. The molecule has 2 aromatic carbocycles. The molecule has 0 aliphatic carbocycles. The molecule has 7 heteroatoms. The van der Waals surface area contributed by atoms with Crippen LogP contribution in [0.1, 0.15) is 94.4 Å². The van der Waals surface area contributed by atoms with Crippen LogP contribution < -0.4 is 10.4 Å². The summed E-state index contributed by atoms with van der Waals surface area (Å²) in [6.45, 7) is 22.3. The Morgan fingerprint density at radius 3 is 1.75 bits per heavy atom. The molecule has 0 radical (unpaired) electrons. The number of thioether (sulfide) groups is 2. The highest BCUT2D eigenvalue weighted by atomic mass is 32.2. The smallest absolute Gasteiger partial charge is 0.261 e. The molecule has 44 heavy (non-hydrogen) atoms. The van der Waals surface area contributed by atoms with E-state index in [9.17, 15) is 0 Å². The first-order chi connectivity index (χ1) is 20.9. The molecule has 0 unspecified atom stereocenters. The summed E-state index contributed by atoms with van der Waals surface area (Å²) in [5.41, 5.74) is 1.78. The van der Waals surface area contributed by atoms with Gasteiger partial charge in [0.2, 0.25) is 0 Å². The highest BCUT2D eigenvalue weighted by Gasteiger charge is 2.52. The van der Waals surface area contributed by atoms with Crippen LogP contribution in [0.2, 0.25) is 21.7 Å². The Bertz CT molecular complexity index is 1060. The van der Waals surface area contributed by atoms with E-state index in [2.05, 4.69) is 147 Å². The molecule has 0 bridgehead atoms. The molecule has 3 atom stereocenters. The molecule has 3 nitrogen and oxygen atoms in total. The third-order valence-corrected chi connectivity index (χ3v) is 24.3. The van der Waals surface area contributed by atoms with Gasteiger partial charge in [-0.3, -0.25) is 0 Å². The molecule has 2 aliphatic rings. The summed E-state index contributed by atoms with van der Waals surface area (Å²) in [6.07, 6.45) is 5.84. The zero-order chi connectivity index (χ0) is 32.0. The number of hydrogen-bond acceptors (Lipinski definition) is 5. The van der Waals surface area contributed by atoms with Crippen LogP contribution in [0.4, 0.5) is 0 Å². The van der Waals surface area contributed by atoms with E-state index in [0.29, 0.717) is 21.2 Å². The van der Waals surface area contributed by atoms with Gasteiger partial charge in [-0.05, 0) is 75.6 Å². The average Bonchev–Trinajstić information content (AvgIpc) is 2.98. The fourth-order valence-electron chi connectivity index (χ4n) is 8.20. The maximum atomic E-state index is 7.74. The molecule has 2 fully saturated rings. The maximum Gasteiger partial charge on any atom is 0.261 e. The summed E-state index contributed by atoms with van der Waals surface area (Å²) < 4.78 is 22.4. The lowest BCUT2D eigenvalue weighted by Gasteiger charge is -2.48. The van der Waals surface area contributed by atoms with Gasteiger partial charge >= 0.3 is 0 Å². The molecule has 2 heterocycles. The van der Waals surface area contributed by atoms with E-state index in [0.717, 1.165) is 32.3 Å². The lowest BCUT2D eigenvalue weighted by Crippen LogP contribution is -2.68. The van der Waals surface area contributed by atoms with Crippen molar-refractivity contribution >= 4 is 50.5 Å². The summed E-state index contributed by atoms with van der Waals surface area (Å²) in [4.78, 5) is 0. The molecular formula is C37H60O3S2Si2. The zero-order valence-corrected chi connectivity index (χ0v) is 32.6. The molecule has 4 rings (SSSR count). The van der Waals surface area contributed by atoms with Crippen molar-refractivity contribution in [1.82, 2.24) is 0 Å². The third-order valence-electron chi connectivity index (χ3n) is 10.0. The fourth-order valence-corrected chi connectivity index (χ4v) is 21.4. The van der Waals surface area contributed by atoms with E-state index in [-0.39, 0.29) is 23.4 Å². The van der Waals surface area contributed by atoms with Gasteiger partial charge in [-0.1, -0.05) is 123 Å². The van der Waals surface area contributed by atoms with E-state index in [1.807, 2.05) is 0 Å². The minimum Gasteiger partial charge on any atom is -0.416 e. The maximum absolute atomic E-state index is 7.74. The molecule has 0 spiro atoms. The molecule has 246 valence electrons. The van der Waals surface area contributed by atoms with Gasteiger partial charge in [0.05, 0.1) is 22.9 Å². The predicted octanol–water partition coefficient (Wildman–Crippen LogP) is 9.65. The van der Waals surface area contributed by atoms with E-state index >= 15 is 0 Å². The number of benzene rings is 2. The van der Waals surface area contributed by atoms with Crippen molar-refractivity contribution in [2.75, 3.05) is 18.1 Å². The van der Waals surface area contributed by atoms with Crippen molar-refractivity contribution < 1.29 is 13.6 Å². The van der Waals surface area contributed by atoms with Crippen molar-refractivity contribution in [3.05, 3.63) is 60.7 Å².